The maximum atomic E-state index is 14.6. The molecular formula is C40H46O24. The summed E-state index contributed by atoms with van der Waals surface area (Å²) in [5.74, 6) is -17.2. The number of hydrogen-bond donors (Lipinski definition) is 2. The van der Waals surface area contributed by atoms with E-state index in [1.807, 2.05) is 0 Å². The summed E-state index contributed by atoms with van der Waals surface area (Å²) < 4.78 is 67.0. The number of phenolic OH excluding ortho intramolecular Hbond substituents is 2. The van der Waals surface area contributed by atoms with Crippen LogP contribution in [0.25, 0.3) is 0 Å². The van der Waals surface area contributed by atoms with Gasteiger partial charge in [-0.2, -0.15) is 0 Å². The Morgan fingerprint density at radius 3 is 1.02 bits per heavy atom. The molecule has 24 nitrogen and oxygen atoms in total. The number of allylic oxidation sites excluding steroid dienone is 2. The van der Waals surface area contributed by atoms with E-state index in [0.29, 0.717) is 0 Å². The maximum absolute atomic E-state index is 14.6. The third-order valence-corrected chi connectivity index (χ3v) is 9.31. The van der Waals surface area contributed by atoms with E-state index in [-0.39, 0.29) is 0 Å². The lowest BCUT2D eigenvalue weighted by Crippen LogP contribution is -2.61. The lowest BCUT2D eigenvalue weighted by Gasteiger charge is -2.45. The molecule has 64 heavy (non-hydrogen) atoms. The van der Waals surface area contributed by atoms with Crippen LogP contribution in [0, 0.1) is 11.8 Å². The molecule has 0 bridgehead atoms. The highest BCUT2D eigenvalue weighted by atomic mass is 16.7. The molecule has 2 N–H and O–H groups in total. The molecule has 1 aromatic carbocycles. The second kappa shape index (κ2) is 21.5. The lowest BCUT2D eigenvalue weighted by molar-refractivity contribution is -0.293. The van der Waals surface area contributed by atoms with Gasteiger partial charge in [-0.25, -0.2) is 0 Å². The zero-order valence-corrected chi connectivity index (χ0v) is 35.6. The van der Waals surface area contributed by atoms with Crippen LogP contribution in [0.3, 0.4) is 0 Å². The van der Waals surface area contributed by atoms with Crippen molar-refractivity contribution >= 4 is 59.3 Å². The molecule has 0 unspecified atom stereocenters. The summed E-state index contributed by atoms with van der Waals surface area (Å²) in [6.45, 7) is 5.08. The van der Waals surface area contributed by atoms with Crippen molar-refractivity contribution < 1.29 is 115 Å². The Morgan fingerprint density at radius 2 is 0.734 bits per heavy atom. The molecule has 24 heteroatoms. The van der Waals surface area contributed by atoms with Crippen molar-refractivity contribution in [3.05, 3.63) is 34.8 Å². The van der Waals surface area contributed by atoms with Crippen molar-refractivity contribution in [2.24, 2.45) is 11.8 Å². The van der Waals surface area contributed by atoms with Gasteiger partial charge in [-0.15, -0.1) is 0 Å². The number of esters is 8. The Labute approximate surface area is 363 Å². The largest absolute Gasteiger partial charge is 0.507 e. The monoisotopic (exact) mass is 910 g/mol. The number of fused-ring (bicyclic) bond motifs is 1. The Kier molecular flexibility index (Phi) is 16.7. The van der Waals surface area contributed by atoms with Crippen molar-refractivity contribution in [3.8, 4) is 11.5 Å². The normalized spacial score (nSPS) is 26.2. The summed E-state index contributed by atoms with van der Waals surface area (Å²) in [5.41, 5.74) is -1.65. The SMILES string of the molecule is CC(=O)OC[C@H]1[C@H](OC2=C(O[C@@H]3O[C@H](COC(C)=O)[C@@H](OC(C)=O)[C@H](OC(C)=O)[C@H]3COC(C)=O)C(=O)c3c(O)ccc(O)c3C2=O)O[C@H](COC(C)=O)[C@@H](OC(C)=O)[C@@H]1OC(C)=O. The van der Waals surface area contributed by atoms with Gasteiger partial charge in [-0.1, -0.05) is 0 Å². The maximum Gasteiger partial charge on any atom is 0.303 e. The van der Waals surface area contributed by atoms with Crippen LogP contribution < -0.4 is 0 Å². The highest BCUT2D eigenvalue weighted by Gasteiger charge is 2.56. The van der Waals surface area contributed by atoms with Crippen LogP contribution >= 0.6 is 0 Å². The number of ether oxygens (including phenoxy) is 12. The number of benzene rings is 1. The highest BCUT2D eigenvalue weighted by Crippen LogP contribution is 2.43. The molecule has 0 saturated carbocycles. The Bertz CT molecular complexity index is 1930. The second-order valence-corrected chi connectivity index (χ2v) is 14.3. The van der Waals surface area contributed by atoms with E-state index in [9.17, 15) is 58.2 Å². The summed E-state index contributed by atoms with van der Waals surface area (Å²) in [6.07, 6.45) is -13.8. The lowest BCUT2D eigenvalue weighted by atomic mass is 9.88. The summed E-state index contributed by atoms with van der Waals surface area (Å²) in [6, 6.07) is 1.74. The first-order valence-corrected chi connectivity index (χ1v) is 19.3. The van der Waals surface area contributed by atoms with Crippen LogP contribution in [0.4, 0.5) is 0 Å². The van der Waals surface area contributed by atoms with Gasteiger partial charge in [-0.05, 0) is 12.1 Å². The fraction of sp³-hybridized carbons (Fsp3) is 0.550. The molecule has 3 aliphatic rings. The molecule has 2 saturated heterocycles. The third kappa shape index (κ3) is 12.4. The predicted molar refractivity (Wildman–Crippen MR) is 201 cm³/mol. The predicted octanol–water partition coefficient (Wildman–Crippen LogP) is 0.383. The van der Waals surface area contributed by atoms with Gasteiger partial charge in [0.2, 0.25) is 35.7 Å². The van der Waals surface area contributed by atoms with Gasteiger partial charge in [0.25, 0.3) is 0 Å². The fourth-order valence-corrected chi connectivity index (χ4v) is 6.87. The first-order chi connectivity index (χ1) is 30.0. The van der Waals surface area contributed by atoms with E-state index in [2.05, 4.69) is 0 Å². The number of aromatic hydroxyl groups is 2. The van der Waals surface area contributed by atoms with Gasteiger partial charge >= 0.3 is 47.8 Å². The molecule has 2 aliphatic heterocycles. The van der Waals surface area contributed by atoms with Crippen LogP contribution in [0.15, 0.2) is 23.7 Å². The van der Waals surface area contributed by atoms with Crippen molar-refractivity contribution in [1.82, 2.24) is 0 Å². The van der Waals surface area contributed by atoms with Gasteiger partial charge in [0.15, 0.2) is 24.4 Å². The van der Waals surface area contributed by atoms with Gasteiger partial charge in [0, 0.05) is 55.4 Å². The van der Waals surface area contributed by atoms with Crippen LogP contribution in [-0.4, -0.2) is 145 Å². The molecular weight excluding hydrogens is 864 g/mol. The van der Waals surface area contributed by atoms with E-state index >= 15 is 0 Å². The molecule has 2 heterocycles. The van der Waals surface area contributed by atoms with E-state index in [4.69, 9.17) is 56.8 Å². The van der Waals surface area contributed by atoms with Crippen LogP contribution in [0.2, 0.25) is 0 Å². The molecule has 0 radical (unpaired) electrons. The van der Waals surface area contributed by atoms with Crippen molar-refractivity contribution in [2.45, 2.75) is 105 Å². The molecule has 350 valence electrons. The van der Waals surface area contributed by atoms with Crippen molar-refractivity contribution in [2.75, 3.05) is 26.4 Å². The minimum absolute atomic E-state index is 0.712. The van der Waals surface area contributed by atoms with Crippen LogP contribution in [0.5, 0.6) is 11.5 Å². The number of carbonyl (C=O) groups excluding carboxylic acids is 10. The average molecular weight is 911 g/mol. The Morgan fingerprint density at radius 1 is 0.453 bits per heavy atom. The molecule has 4 rings (SSSR count). The zero-order valence-electron chi connectivity index (χ0n) is 35.6. The van der Waals surface area contributed by atoms with Gasteiger partial charge < -0.3 is 67.1 Å². The van der Waals surface area contributed by atoms with Gasteiger partial charge in [0.1, 0.15) is 50.1 Å². The summed E-state index contributed by atoms with van der Waals surface area (Å²) in [5, 5.41) is 21.8. The van der Waals surface area contributed by atoms with E-state index in [0.717, 1.165) is 67.5 Å². The quantitative estimate of drug-likeness (QED) is 0.129. The van der Waals surface area contributed by atoms with E-state index in [1.54, 1.807) is 0 Å². The zero-order chi connectivity index (χ0) is 47.7. The third-order valence-electron chi connectivity index (χ3n) is 9.31. The molecule has 10 atom stereocenters. The topological polar surface area (TPSA) is 322 Å². The number of Topliss-reactive ketones (excluding diaryl/α,β-unsaturated/α-hetero) is 2. The van der Waals surface area contributed by atoms with Gasteiger partial charge in [0.05, 0.1) is 23.0 Å². The average Bonchev–Trinajstić information content (AvgIpc) is 3.17. The molecule has 0 aromatic heterocycles. The smallest absolute Gasteiger partial charge is 0.303 e. The highest BCUT2D eigenvalue weighted by molar-refractivity contribution is 6.27. The number of hydrogen-bond acceptors (Lipinski definition) is 24. The molecule has 0 amide bonds. The molecule has 2 fully saturated rings. The van der Waals surface area contributed by atoms with Crippen LogP contribution in [0.1, 0.15) is 76.1 Å². The number of ketones is 2. The summed E-state index contributed by atoms with van der Waals surface area (Å²) in [7, 11) is 0. The Balaban J connectivity index is 1.99. The first kappa shape index (κ1) is 49.8. The van der Waals surface area contributed by atoms with Crippen LogP contribution in [-0.2, 0) is 95.2 Å². The summed E-state index contributed by atoms with van der Waals surface area (Å²) in [4.78, 5) is 127. The number of carbonyl (C=O) groups is 10. The Hall–Kier alpha value is -6.82. The standard InChI is InChI=1S/C40H46O24/c1-15(41)53-11-23-33(57-19(5)45)35(59-21(7)47)27(13-55-17(3)43)61-39(23)63-37-31(51)29-25(49)9-10-26(50)30(29)32(52)38(37)64-40-24(12-54-16(2)42)34(58-20(6)46)36(60-22(8)48)28(62-40)14-56-18(4)44/h9-10,23-24,27-28,33-36,39-40,49-50H,11-14H2,1-8H3/t23-,24-,27-,28-,33-,34-,35-,36-,39+,40+/m1/s1. The van der Waals surface area contributed by atoms with E-state index < -0.39 is 181 Å². The molecule has 0 spiro atoms. The first-order valence-electron chi connectivity index (χ1n) is 19.3. The minimum Gasteiger partial charge on any atom is -0.507 e. The number of phenols is 2. The van der Waals surface area contributed by atoms with Crippen molar-refractivity contribution in [1.29, 1.82) is 0 Å². The van der Waals surface area contributed by atoms with Crippen molar-refractivity contribution in [3.63, 3.8) is 0 Å². The number of rotatable bonds is 16. The van der Waals surface area contributed by atoms with E-state index in [1.165, 1.54) is 0 Å². The van der Waals surface area contributed by atoms with Gasteiger partial charge in [-0.3, -0.25) is 47.9 Å². The summed E-state index contributed by atoms with van der Waals surface area (Å²) >= 11 is 0. The molecule has 1 aliphatic carbocycles. The fourth-order valence-electron chi connectivity index (χ4n) is 6.87. The minimum atomic E-state index is -2.02. The second-order valence-electron chi connectivity index (χ2n) is 14.3. The molecule has 1 aromatic rings.